The Balaban J connectivity index is -0.00000000551. The van der Waals surface area contributed by atoms with E-state index in [0.717, 1.165) is 0 Å². The minimum Gasteiger partial charge on any atom is -0.388 e. The average Bonchev–Trinajstić information content (AvgIpc) is 2.78. The van der Waals surface area contributed by atoms with Crippen LogP contribution in [0.1, 0.15) is 62.8 Å². The fourth-order valence-corrected chi connectivity index (χ4v) is 0. The summed E-state index contributed by atoms with van der Waals surface area (Å²) in [4.78, 5) is 0. The maximum atomic E-state index is 4.25. The molecule has 0 amide bonds. The largest absolute Gasteiger partial charge is 0.388 e. The van der Waals surface area contributed by atoms with Crippen molar-refractivity contribution in [2.75, 3.05) is 114 Å². The third kappa shape index (κ3) is 1190. The molecular formula is C25H76Ar8O8. The summed E-state index contributed by atoms with van der Waals surface area (Å²) in [6.45, 7) is 16.0. The van der Waals surface area contributed by atoms with Gasteiger partial charge in [0.05, 0.1) is 0 Å². The van der Waals surface area contributed by atoms with Gasteiger partial charge < -0.3 is 37.9 Å². The van der Waals surface area contributed by atoms with Crippen molar-refractivity contribution in [1.29, 1.82) is 0 Å². The number of ether oxygens (including phenoxy) is 8. The first kappa shape index (κ1) is 142. The molecule has 0 aromatic carbocycles. The van der Waals surface area contributed by atoms with Crippen LogP contribution in [0.3, 0.4) is 0 Å². The van der Waals surface area contributed by atoms with E-state index in [9.17, 15) is 0 Å². The number of hydrogen-bond donors (Lipinski definition) is 0. The van der Waals surface area contributed by atoms with E-state index in [-0.39, 0.29) is 309 Å². The number of methoxy groups -OCH3 is 8. The van der Waals surface area contributed by atoms with Gasteiger partial charge in [-0.05, 0) is 0 Å². The molecule has 0 atom stereocenters. The molecule has 0 radical (unpaired) electrons. The van der Waals surface area contributed by atoms with Gasteiger partial charge in [0.2, 0.25) is 0 Å². The molecule has 0 spiro atoms. The van der Waals surface area contributed by atoms with Gasteiger partial charge in [-0.1, -0.05) is 62.8 Å². The molecule has 0 aliphatic rings. The first-order valence-electron chi connectivity index (χ1n) is 10.5. The molecule has 0 bridgehead atoms. The molecule has 0 unspecified atom stereocenters. The molecule has 0 rings (SSSR count). The van der Waals surface area contributed by atoms with E-state index < -0.39 is 0 Å². The summed E-state index contributed by atoms with van der Waals surface area (Å²) in [6, 6.07) is 0. The first-order valence-corrected chi connectivity index (χ1v) is 10.5. The quantitative estimate of drug-likeness (QED) is 0.263. The standard InChI is InChI=1S/8C2H6O.4C2H6.CH4.8Ar/c8*1-3-2;4*1-2;;;;;;;;;/h8*1-2H3;4*1-2H3;1H4;;;;;;;;. The smallest absolute Gasteiger partial charge is 0.0351 e. The maximum absolute atomic E-state index is 4.25. The predicted octanol–water partition coefficient (Wildman–Crippen LogP) is 6.84. The summed E-state index contributed by atoms with van der Waals surface area (Å²) in [7, 11) is 26.0. The van der Waals surface area contributed by atoms with Crippen LogP contribution in [0.5, 0.6) is 0 Å². The second-order valence-electron chi connectivity index (χ2n) is 3.27. The van der Waals surface area contributed by atoms with Crippen molar-refractivity contribution < 1.29 is 340 Å². The Labute approximate surface area is 503 Å². The summed E-state index contributed by atoms with van der Waals surface area (Å²) in [5.74, 6) is 0. The molecule has 41 heavy (non-hydrogen) atoms. The van der Waals surface area contributed by atoms with Gasteiger partial charge in [-0.3, -0.25) is 0 Å². The Morgan fingerprint density at radius 2 is 0.171 bits per heavy atom. The molecule has 0 aromatic rings. The fourth-order valence-electron chi connectivity index (χ4n) is 0. The third-order valence-electron chi connectivity index (χ3n) is 0. The zero-order valence-corrected chi connectivity index (χ0v) is 35.8. The Kier molecular flexibility index (Phi) is 1300. The van der Waals surface area contributed by atoms with Crippen LogP contribution in [0.2, 0.25) is 0 Å². The molecule has 0 aromatic heterocycles. The molecule has 0 heterocycles. The summed E-state index contributed by atoms with van der Waals surface area (Å²) in [6.07, 6.45) is 0. The molecule has 0 saturated carbocycles. The van der Waals surface area contributed by atoms with Crippen molar-refractivity contribution >= 4 is 0 Å². The van der Waals surface area contributed by atoms with Crippen molar-refractivity contribution in [2.45, 2.75) is 62.8 Å². The molecule has 0 saturated heterocycles. The van der Waals surface area contributed by atoms with Crippen LogP contribution in [0, 0.1) is 302 Å². The van der Waals surface area contributed by atoms with Crippen molar-refractivity contribution in [1.82, 2.24) is 0 Å². The molecule has 8 nitrogen and oxygen atoms in total. The van der Waals surface area contributed by atoms with E-state index in [1.165, 1.54) is 0 Å². The van der Waals surface area contributed by atoms with E-state index in [4.69, 9.17) is 0 Å². The molecular weight excluding hydrogens is 748 g/mol. The van der Waals surface area contributed by atoms with Gasteiger partial charge in [0, 0.05) is 416 Å². The van der Waals surface area contributed by atoms with E-state index in [1.54, 1.807) is 114 Å². The summed E-state index contributed by atoms with van der Waals surface area (Å²) in [5, 5.41) is 0. The van der Waals surface area contributed by atoms with Crippen LogP contribution < -0.4 is 0 Å². The second-order valence-corrected chi connectivity index (χ2v) is 3.27. The van der Waals surface area contributed by atoms with E-state index >= 15 is 0 Å². The van der Waals surface area contributed by atoms with Crippen LogP contribution in [-0.4, -0.2) is 114 Å². The van der Waals surface area contributed by atoms with Crippen molar-refractivity contribution in [3.63, 3.8) is 0 Å². The number of rotatable bonds is 0. The Bertz CT molecular complexity index is 79.6. The predicted molar refractivity (Wildman–Crippen MR) is 156 cm³/mol. The topological polar surface area (TPSA) is 73.8 Å². The Morgan fingerprint density at radius 1 is 0.171 bits per heavy atom. The van der Waals surface area contributed by atoms with E-state index in [1.807, 2.05) is 55.4 Å². The first-order chi connectivity index (χ1) is 15.3. The van der Waals surface area contributed by atoms with Gasteiger partial charge in [-0.25, -0.2) is 0 Å². The van der Waals surface area contributed by atoms with Crippen LogP contribution in [0.25, 0.3) is 0 Å². The Morgan fingerprint density at radius 3 is 0.171 bits per heavy atom. The SMILES string of the molecule is C.CC.CC.CC.CC.COC.COC.COC.COC.COC.COC.COC.COC.[Ar].[Ar].[Ar].[Ar].[Ar].[Ar].[Ar].[Ar]. The average molecular weight is 824 g/mol. The van der Waals surface area contributed by atoms with Gasteiger partial charge >= 0.3 is 0 Å². The number of hydrogen-bond acceptors (Lipinski definition) is 8. The zero-order valence-electron chi connectivity index (χ0n) is 30.1. The molecule has 0 N–H and O–H groups in total. The Hall–Kier alpha value is 9.76. The molecule has 0 fully saturated rings. The van der Waals surface area contributed by atoms with Crippen LogP contribution in [-0.2, 0) is 37.9 Å². The van der Waals surface area contributed by atoms with Crippen molar-refractivity contribution in [3.05, 3.63) is 0 Å². The summed E-state index contributed by atoms with van der Waals surface area (Å²) < 4.78 is 34.0. The van der Waals surface area contributed by atoms with Crippen molar-refractivity contribution in [2.24, 2.45) is 0 Å². The van der Waals surface area contributed by atoms with E-state index in [2.05, 4.69) is 37.9 Å². The normalized spacial score (nSPS) is 4.10. The molecule has 288 valence electrons. The van der Waals surface area contributed by atoms with Gasteiger partial charge in [-0.2, -0.15) is 0 Å². The molecule has 16 heteroatoms. The van der Waals surface area contributed by atoms with Crippen LogP contribution in [0.4, 0.5) is 0 Å². The minimum atomic E-state index is 0. The van der Waals surface area contributed by atoms with Crippen LogP contribution >= 0.6 is 0 Å². The van der Waals surface area contributed by atoms with E-state index in [0.29, 0.717) is 0 Å². The van der Waals surface area contributed by atoms with Crippen LogP contribution in [0.15, 0.2) is 0 Å². The fraction of sp³-hybridized carbons (Fsp3) is 1.00. The summed E-state index contributed by atoms with van der Waals surface area (Å²) in [5.41, 5.74) is 0. The molecule has 0 aliphatic carbocycles. The minimum absolute atomic E-state index is 0. The second kappa shape index (κ2) is 375. The summed E-state index contributed by atoms with van der Waals surface area (Å²) >= 11 is 0. The van der Waals surface area contributed by atoms with Gasteiger partial charge in [0.15, 0.2) is 0 Å². The van der Waals surface area contributed by atoms with Gasteiger partial charge in [-0.15, -0.1) is 0 Å². The van der Waals surface area contributed by atoms with Gasteiger partial charge in [0.25, 0.3) is 0 Å². The molecule has 0 aliphatic heterocycles. The zero-order chi connectivity index (χ0) is 29.7. The third-order valence-corrected chi connectivity index (χ3v) is 0. The van der Waals surface area contributed by atoms with Crippen molar-refractivity contribution in [3.8, 4) is 0 Å². The maximum Gasteiger partial charge on any atom is 0.0351 e. The monoisotopic (exact) mass is 824 g/mol. The van der Waals surface area contributed by atoms with Gasteiger partial charge in [0.1, 0.15) is 0 Å².